The highest BCUT2D eigenvalue weighted by atomic mass is 35.5. The third kappa shape index (κ3) is 4.96. The van der Waals surface area contributed by atoms with E-state index < -0.39 is 58.5 Å². The second kappa shape index (κ2) is 12.6. The van der Waals surface area contributed by atoms with Gasteiger partial charge in [-0.1, -0.05) is 83.9 Å². The zero-order valence-corrected chi connectivity index (χ0v) is 29.0. The molecule has 0 bridgehead atoms. The monoisotopic (exact) mass is 729 g/mol. The Labute approximate surface area is 308 Å². The van der Waals surface area contributed by atoms with E-state index in [4.69, 9.17) is 16.3 Å². The average molecular weight is 730 g/mol. The van der Waals surface area contributed by atoms with Gasteiger partial charge in [0, 0.05) is 23.5 Å². The first-order valence-corrected chi connectivity index (χ1v) is 17.5. The second-order valence-electron chi connectivity index (χ2n) is 13.9. The third-order valence-corrected chi connectivity index (χ3v) is 11.7. The number of allylic oxidation sites excluding steroid dienone is 4. The Hall–Kier alpha value is -6.00. The fourth-order valence-electron chi connectivity index (χ4n) is 9.26. The number of carboxylic acids is 1. The summed E-state index contributed by atoms with van der Waals surface area (Å²) in [6.07, 6.45) is 3.50. The van der Waals surface area contributed by atoms with Crippen LogP contribution in [0.2, 0.25) is 5.02 Å². The minimum atomic E-state index is -1.51. The highest BCUT2D eigenvalue weighted by molar-refractivity contribution is 6.33. The van der Waals surface area contributed by atoms with Gasteiger partial charge in [-0.15, -0.1) is 0 Å². The van der Waals surface area contributed by atoms with Gasteiger partial charge >= 0.3 is 5.97 Å². The Morgan fingerprint density at radius 1 is 0.887 bits per heavy atom. The number of methoxy groups -OCH3 is 1. The molecule has 3 aliphatic carbocycles. The quantitative estimate of drug-likeness (QED) is 0.149. The first-order valence-electron chi connectivity index (χ1n) is 17.1. The van der Waals surface area contributed by atoms with Gasteiger partial charge in [0.05, 0.1) is 35.1 Å². The number of nitrogens with zero attached hydrogens (tertiary/aromatic N) is 1. The molecule has 4 aliphatic rings. The van der Waals surface area contributed by atoms with E-state index in [0.717, 1.165) is 17.0 Å². The number of Topliss-reactive ketones (excluding diaryl/α,β-unsaturated/α-hetero) is 1. The van der Waals surface area contributed by atoms with Gasteiger partial charge in [0.15, 0.2) is 23.1 Å². The Morgan fingerprint density at radius 2 is 1.58 bits per heavy atom. The number of hydrogen-bond acceptors (Lipinski definition) is 8. The van der Waals surface area contributed by atoms with Crippen LogP contribution in [0.5, 0.6) is 17.2 Å². The van der Waals surface area contributed by atoms with Gasteiger partial charge in [0.25, 0.3) is 0 Å². The number of amides is 2. The fourth-order valence-corrected chi connectivity index (χ4v) is 9.48. The van der Waals surface area contributed by atoms with Crippen molar-refractivity contribution in [3.63, 3.8) is 0 Å². The minimum Gasteiger partial charge on any atom is -0.507 e. The number of hydrogen-bond donors (Lipinski definition) is 3. The number of imide groups is 1. The molecule has 2 fully saturated rings. The number of anilines is 1. The van der Waals surface area contributed by atoms with E-state index in [1.54, 1.807) is 48.5 Å². The molecule has 266 valence electrons. The van der Waals surface area contributed by atoms with Gasteiger partial charge in [-0.25, -0.2) is 9.69 Å². The van der Waals surface area contributed by atoms with Crippen LogP contribution in [0, 0.1) is 23.7 Å². The van der Waals surface area contributed by atoms with Crippen molar-refractivity contribution in [3.8, 4) is 17.2 Å². The van der Waals surface area contributed by atoms with Crippen molar-refractivity contribution in [2.45, 2.75) is 24.2 Å². The lowest BCUT2D eigenvalue weighted by atomic mass is 9.44. The normalized spacial score (nSPS) is 26.3. The van der Waals surface area contributed by atoms with Crippen LogP contribution in [0.3, 0.4) is 0 Å². The molecule has 0 unspecified atom stereocenters. The van der Waals surface area contributed by atoms with Crippen LogP contribution in [0.15, 0.2) is 109 Å². The number of aromatic carboxylic acids is 1. The van der Waals surface area contributed by atoms with Crippen molar-refractivity contribution in [2.24, 2.45) is 23.7 Å². The van der Waals surface area contributed by atoms with Crippen LogP contribution < -0.4 is 9.64 Å². The molecule has 4 aromatic rings. The summed E-state index contributed by atoms with van der Waals surface area (Å²) < 4.78 is 5.51. The molecule has 4 aromatic carbocycles. The average Bonchev–Trinajstić information content (AvgIpc) is 3.42. The molecule has 0 radical (unpaired) electrons. The number of carbonyl (C=O) groups excluding carboxylic acids is 4. The summed E-state index contributed by atoms with van der Waals surface area (Å²) in [6.45, 7) is 0. The molecular formula is C42H32ClNO9. The van der Waals surface area contributed by atoms with Crippen molar-refractivity contribution in [2.75, 3.05) is 12.0 Å². The van der Waals surface area contributed by atoms with Crippen molar-refractivity contribution >= 4 is 52.2 Å². The van der Waals surface area contributed by atoms with Crippen LogP contribution in [0.1, 0.15) is 45.8 Å². The Balaban J connectivity index is 1.35. The maximum atomic E-state index is 15.2. The largest absolute Gasteiger partial charge is 0.507 e. The number of phenols is 2. The first kappa shape index (κ1) is 34.1. The summed E-state index contributed by atoms with van der Waals surface area (Å²) in [4.78, 5) is 71.4. The smallest absolute Gasteiger partial charge is 0.339 e. The number of carbonyl (C=O) groups is 5. The molecule has 10 nitrogen and oxygen atoms in total. The first-order chi connectivity index (χ1) is 25.5. The molecule has 0 spiro atoms. The summed E-state index contributed by atoms with van der Waals surface area (Å²) >= 11 is 6.61. The number of halogens is 1. The molecule has 0 aromatic heterocycles. The Kier molecular flexibility index (Phi) is 8.10. The van der Waals surface area contributed by atoms with E-state index in [1.165, 1.54) is 19.3 Å². The topological polar surface area (TPSA) is 159 Å². The van der Waals surface area contributed by atoms with Crippen LogP contribution in [0.25, 0.3) is 5.57 Å². The summed E-state index contributed by atoms with van der Waals surface area (Å²) in [6, 6.07) is 24.6. The molecule has 1 heterocycles. The summed E-state index contributed by atoms with van der Waals surface area (Å²) in [5, 5.41) is 30.6. The molecule has 11 heteroatoms. The maximum absolute atomic E-state index is 15.2. The molecule has 1 aliphatic heterocycles. The zero-order valence-electron chi connectivity index (χ0n) is 28.2. The van der Waals surface area contributed by atoms with Crippen LogP contribution in [0.4, 0.5) is 5.69 Å². The number of fused-ring (bicyclic) bond motifs is 4. The van der Waals surface area contributed by atoms with Crippen LogP contribution >= 0.6 is 11.6 Å². The van der Waals surface area contributed by atoms with Gasteiger partial charge in [0.1, 0.15) is 11.3 Å². The van der Waals surface area contributed by atoms with E-state index in [9.17, 15) is 29.7 Å². The highest BCUT2D eigenvalue weighted by Gasteiger charge is 2.66. The number of ether oxygens (including phenoxy) is 1. The molecule has 2 amide bonds. The number of carboxylic acid groups (broad SMARTS) is 1. The maximum Gasteiger partial charge on any atom is 0.339 e. The molecule has 3 N–H and O–H groups in total. The third-order valence-electron chi connectivity index (χ3n) is 11.4. The van der Waals surface area contributed by atoms with Gasteiger partial charge < -0.3 is 20.1 Å². The number of phenolic OH excluding ortho intramolecular Hbond substituents is 1. The fraction of sp³-hybridized carbons (Fsp3) is 0.214. The Morgan fingerprint density at radius 3 is 2.25 bits per heavy atom. The zero-order chi connectivity index (χ0) is 37.3. The van der Waals surface area contributed by atoms with E-state index >= 15 is 9.59 Å². The van der Waals surface area contributed by atoms with Crippen LogP contribution in [-0.4, -0.2) is 51.8 Å². The number of benzene rings is 4. The van der Waals surface area contributed by atoms with Crippen molar-refractivity contribution < 1.29 is 44.0 Å². The summed E-state index contributed by atoms with van der Waals surface area (Å²) in [5.74, 6) is -8.22. The standard InChI is InChI=1S/C42H32ClNO9/c1-53-33-17-22(16-31(43)38(33)48)36-25-14-15-27-35(40(50)44(39(27)49)24-12-13-26(41(51)52)32(45)18-24)29(25)19-30-37(47)28(21-8-4-2-5-9-21)20-34(46)42(30,36)23-10-6-3-7-11-23/h2-14,16-18,20,27,29-30,35-36,45,48H,15,19H2,1H3,(H,51,52)/t27-,29+,30-,35-,36-,42-/m0/s1. The van der Waals surface area contributed by atoms with E-state index in [2.05, 4.69) is 0 Å². The molecule has 1 saturated heterocycles. The lowest BCUT2D eigenvalue weighted by molar-refractivity contribution is -0.135. The predicted molar refractivity (Wildman–Crippen MR) is 194 cm³/mol. The van der Waals surface area contributed by atoms with Gasteiger partial charge in [-0.05, 0) is 65.8 Å². The second-order valence-corrected chi connectivity index (χ2v) is 14.3. The summed E-state index contributed by atoms with van der Waals surface area (Å²) in [7, 11) is 1.38. The molecular weight excluding hydrogens is 698 g/mol. The van der Waals surface area contributed by atoms with Gasteiger partial charge in [-0.3, -0.25) is 19.2 Å². The van der Waals surface area contributed by atoms with Crippen molar-refractivity contribution in [1.29, 1.82) is 0 Å². The lowest BCUT2D eigenvalue weighted by Gasteiger charge is -2.55. The van der Waals surface area contributed by atoms with Gasteiger partial charge in [0.2, 0.25) is 11.8 Å². The molecule has 1 saturated carbocycles. The van der Waals surface area contributed by atoms with E-state index in [-0.39, 0.29) is 57.8 Å². The number of ketones is 2. The predicted octanol–water partition coefficient (Wildman–Crippen LogP) is 6.49. The number of aromatic hydroxyl groups is 2. The van der Waals surface area contributed by atoms with Crippen LogP contribution in [-0.2, 0) is 24.6 Å². The Bertz CT molecular complexity index is 2320. The van der Waals surface area contributed by atoms with Gasteiger partial charge in [-0.2, -0.15) is 0 Å². The molecule has 6 atom stereocenters. The number of rotatable bonds is 6. The summed E-state index contributed by atoms with van der Waals surface area (Å²) in [5.41, 5.74) is 0.700. The van der Waals surface area contributed by atoms with E-state index in [1.807, 2.05) is 30.3 Å². The molecule has 53 heavy (non-hydrogen) atoms. The SMILES string of the molecule is COc1cc([C@H]2C3=CC[C@@H]4C(=O)N(c5ccc(C(=O)O)c(O)c5)C(=O)[C@@H]4[C@@H]3C[C@H]3C(=O)C(c4ccccc4)=CC(=O)[C@@]23c2ccccc2)cc(Cl)c1O. The highest BCUT2D eigenvalue weighted by Crippen LogP contribution is 2.64. The lowest BCUT2D eigenvalue weighted by Crippen LogP contribution is -2.58. The van der Waals surface area contributed by atoms with Crippen molar-refractivity contribution in [3.05, 3.63) is 136 Å². The minimum absolute atomic E-state index is 0.0257. The van der Waals surface area contributed by atoms with Crippen molar-refractivity contribution in [1.82, 2.24) is 0 Å². The molecule has 8 rings (SSSR count). The van der Waals surface area contributed by atoms with E-state index in [0.29, 0.717) is 22.3 Å².